The summed E-state index contributed by atoms with van der Waals surface area (Å²) in [6, 6.07) is 8.93. The molecule has 5 nitrogen and oxygen atoms in total. The van der Waals surface area contributed by atoms with Crippen LogP contribution in [0.15, 0.2) is 24.3 Å². The number of fused-ring (bicyclic) bond motifs is 1. The molecule has 3 heterocycles. The van der Waals surface area contributed by atoms with Crippen molar-refractivity contribution in [3.05, 3.63) is 24.3 Å². The number of benzene rings is 1. The van der Waals surface area contributed by atoms with Crippen molar-refractivity contribution in [2.75, 3.05) is 44.2 Å². The third kappa shape index (κ3) is 1.99. The highest BCUT2D eigenvalue weighted by atomic mass is 15.4. The molecule has 2 aromatic rings. The highest BCUT2D eigenvalue weighted by Crippen LogP contribution is 2.23. The van der Waals surface area contributed by atoms with E-state index in [-0.39, 0.29) is 0 Å². The van der Waals surface area contributed by atoms with Crippen LogP contribution in [0.3, 0.4) is 0 Å². The number of anilines is 1. The van der Waals surface area contributed by atoms with E-state index in [0.29, 0.717) is 6.04 Å². The number of aromatic amines is 1. The molecule has 0 bridgehead atoms. The molecule has 5 heteroatoms. The van der Waals surface area contributed by atoms with Crippen molar-refractivity contribution in [2.24, 2.45) is 0 Å². The van der Waals surface area contributed by atoms with Gasteiger partial charge in [0.25, 0.3) is 0 Å². The smallest absolute Gasteiger partial charge is 0.203 e. The molecule has 2 aliphatic heterocycles. The van der Waals surface area contributed by atoms with Gasteiger partial charge in [0.15, 0.2) is 0 Å². The Labute approximate surface area is 112 Å². The predicted molar refractivity (Wildman–Crippen MR) is 76.5 cm³/mol. The fraction of sp³-hybridized carbons (Fsp3) is 0.500. The Bertz CT molecular complexity index is 533. The van der Waals surface area contributed by atoms with Crippen LogP contribution in [0.1, 0.15) is 0 Å². The number of imidazole rings is 1. The second-order valence-electron chi connectivity index (χ2n) is 5.42. The molecule has 2 fully saturated rings. The van der Waals surface area contributed by atoms with Gasteiger partial charge in [-0.05, 0) is 12.1 Å². The number of rotatable bonds is 2. The topological polar surface area (TPSA) is 47.2 Å². The van der Waals surface area contributed by atoms with E-state index in [1.807, 2.05) is 12.1 Å². The molecule has 0 unspecified atom stereocenters. The number of aromatic nitrogens is 2. The van der Waals surface area contributed by atoms with E-state index >= 15 is 0 Å². The zero-order valence-corrected chi connectivity index (χ0v) is 11.0. The summed E-state index contributed by atoms with van der Waals surface area (Å²) in [4.78, 5) is 13.0. The van der Waals surface area contributed by atoms with Crippen LogP contribution >= 0.6 is 0 Å². The number of para-hydroxylation sites is 2. The van der Waals surface area contributed by atoms with Crippen LogP contribution in [-0.2, 0) is 0 Å². The van der Waals surface area contributed by atoms with Gasteiger partial charge in [0, 0.05) is 45.3 Å². The maximum Gasteiger partial charge on any atom is 0.203 e. The summed E-state index contributed by atoms with van der Waals surface area (Å²) >= 11 is 0. The number of H-pyrrole nitrogens is 1. The first-order valence-corrected chi connectivity index (χ1v) is 7.04. The quantitative estimate of drug-likeness (QED) is 0.829. The zero-order valence-electron chi connectivity index (χ0n) is 11.0. The lowest BCUT2D eigenvalue weighted by Crippen LogP contribution is -2.63. The molecule has 0 radical (unpaired) electrons. The second kappa shape index (κ2) is 4.51. The van der Waals surface area contributed by atoms with Gasteiger partial charge in [-0.2, -0.15) is 0 Å². The standard InChI is InChI=1S/C14H19N5/c1-2-4-13-12(3-1)16-14(17-13)19-9-11(10-19)18-7-5-15-6-8-18/h1-4,11,15H,5-10H2,(H,16,17). The highest BCUT2D eigenvalue weighted by Gasteiger charge is 2.33. The average molecular weight is 257 g/mol. The maximum atomic E-state index is 4.65. The summed E-state index contributed by atoms with van der Waals surface area (Å²) < 4.78 is 0. The molecule has 100 valence electrons. The fourth-order valence-electron chi connectivity index (χ4n) is 3.00. The second-order valence-corrected chi connectivity index (χ2v) is 5.42. The largest absolute Gasteiger partial charge is 0.339 e. The number of hydrogen-bond donors (Lipinski definition) is 2. The lowest BCUT2D eigenvalue weighted by molar-refractivity contribution is 0.146. The van der Waals surface area contributed by atoms with E-state index in [1.54, 1.807) is 0 Å². The third-order valence-electron chi connectivity index (χ3n) is 4.21. The van der Waals surface area contributed by atoms with E-state index in [1.165, 1.54) is 13.1 Å². The van der Waals surface area contributed by atoms with E-state index in [2.05, 4.69) is 37.2 Å². The van der Waals surface area contributed by atoms with Crippen LogP contribution in [0.4, 0.5) is 5.95 Å². The number of nitrogens with zero attached hydrogens (tertiary/aromatic N) is 3. The van der Waals surface area contributed by atoms with Gasteiger partial charge in [0.1, 0.15) is 0 Å². The molecule has 4 rings (SSSR count). The van der Waals surface area contributed by atoms with Crippen LogP contribution in [0.2, 0.25) is 0 Å². The molecule has 0 atom stereocenters. The first-order valence-electron chi connectivity index (χ1n) is 7.04. The molecule has 0 saturated carbocycles. The Kier molecular flexibility index (Phi) is 2.67. The van der Waals surface area contributed by atoms with Gasteiger partial charge in [-0.3, -0.25) is 4.90 Å². The van der Waals surface area contributed by atoms with Crippen LogP contribution in [0.25, 0.3) is 11.0 Å². The summed E-state index contributed by atoms with van der Waals surface area (Å²) in [5, 5.41) is 3.40. The van der Waals surface area contributed by atoms with Gasteiger partial charge in [-0.15, -0.1) is 0 Å². The molecular formula is C14H19N5. The highest BCUT2D eigenvalue weighted by molar-refractivity contribution is 5.77. The summed E-state index contributed by atoms with van der Waals surface area (Å²) in [6.07, 6.45) is 0. The van der Waals surface area contributed by atoms with Crippen molar-refractivity contribution in [1.82, 2.24) is 20.2 Å². The molecule has 2 N–H and O–H groups in total. The summed E-state index contributed by atoms with van der Waals surface area (Å²) in [5.74, 6) is 1.02. The summed E-state index contributed by atoms with van der Waals surface area (Å²) in [7, 11) is 0. The zero-order chi connectivity index (χ0) is 12.7. The first kappa shape index (κ1) is 11.3. The van der Waals surface area contributed by atoms with E-state index < -0.39 is 0 Å². The fourth-order valence-corrected chi connectivity index (χ4v) is 3.00. The van der Waals surface area contributed by atoms with Crippen molar-refractivity contribution >= 4 is 17.0 Å². The van der Waals surface area contributed by atoms with Crippen LogP contribution in [0.5, 0.6) is 0 Å². The minimum Gasteiger partial charge on any atom is -0.339 e. The Morgan fingerprint density at radius 3 is 2.68 bits per heavy atom. The summed E-state index contributed by atoms with van der Waals surface area (Å²) in [5.41, 5.74) is 2.19. The van der Waals surface area contributed by atoms with Gasteiger partial charge in [-0.25, -0.2) is 4.98 Å². The minimum absolute atomic E-state index is 0.704. The SMILES string of the molecule is c1ccc2[nH]c(N3CC(N4CCNCC4)C3)nc2c1. The normalized spacial score (nSPS) is 21.8. The number of nitrogens with one attached hydrogen (secondary N) is 2. The molecular weight excluding hydrogens is 238 g/mol. The number of piperazine rings is 1. The van der Waals surface area contributed by atoms with Gasteiger partial charge < -0.3 is 15.2 Å². The first-order chi connectivity index (χ1) is 9.40. The van der Waals surface area contributed by atoms with Gasteiger partial charge in [-0.1, -0.05) is 12.1 Å². The van der Waals surface area contributed by atoms with Crippen LogP contribution in [0, 0.1) is 0 Å². The molecule has 2 saturated heterocycles. The van der Waals surface area contributed by atoms with Gasteiger partial charge >= 0.3 is 0 Å². The molecule has 0 amide bonds. The lowest BCUT2D eigenvalue weighted by Gasteiger charge is -2.46. The van der Waals surface area contributed by atoms with E-state index in [9.17, 15) is 0 Å². The summed E-state index contributed by atoms with van der Waals surface area (Å²) in [6.45, 7) is 6.80. The monoisotopic (exact) mass is 257 g/mol. The Morgan fingerprint density at radius 1 is 1.11 bits per heavy atom. The minimum atomic E-state index is 0.704. The van der Waals surface area contributed by atoms with Crippen LogP contribution in [-0.4, -0.2) is 60.2 Å². The average Bonchev–Trinajstić information content (AvgIpc) is 2.81. The predicted octanol–water partition coefficient (Wildman–Crippen LogP) is 0.657. The molecule has 0 aliphatic carbocycles. The Morgan fingerprint density at radius 2 is 1.89 bits per heavy atom. The van der Waals surface area contributed by atoms with Crippen molar-refractivity contribution in [3.8, 4) is 0 Å². The van der Waals surface area contributed by atoms with Crippen molar-refractivity contribution in [3.63, 3.8) is 0 Å². The van der Waals surface area contributed by atoms with Crippen LogP contribution < -0.4 is 10.2 Å². The number of hydrogen-bond acceptors (Lipinski definition) is 4. The van der Waals surface area contributed by atoms with Crippen molar-refractivity contribution in [2.45, 2.75) is 6.04 Å². The van der Waals surface area contributed by atoms with Gasteiger partial charge in [0.2, 0.25) is 5.95 Å². The molecule has 2 aliphatic rings. The van der Waals surface area contributed by atoms with Crippen molar-refractivity contribution in [1.29, 1.82) is 0 Å². The Balaban J connectivity index is 1.44. The maximum absolute atomic E-state index is 4.65. The molecule has 1 aromatic carbocycles. The van der Waals surface area contributed by atoms with E-state index in [0.717, 1.165) is 43.2 Å². The van der Waals surface area contributed by atoms with Gasteiger partial charge in [0.05, 0.1) is 11.0 Å². The van der Waals surface area contributed by atoms with Crippen molar-refractivity contribution < 1.29 is 0 Å². The third-order valence-corrected chi connectivity index (χ3v) is 4.21. The molecule has 19 heavy (non-hydrogen) atoms. The molecule has 0 spiro atoms. The molecule has 1 aromatic heterocycles. The Hall–Kier alpha value is -1.59. The van der Waals surface area contributed by atoms with E-state index in [4.69, 9.17) is 0 Å². The lowest BCUT2D eigenvalue weighted by atomic mass is 10.1.